The van der Waals surface area contributed by atoms with Crippen molar-refractivity contribution in [1.29, 1.82) is 0 Å². The van der Waals surface area contributed by atoms with Gasteiger partial charge in [-0.2, -0.15) is 0 Å². The van der Waals surface area contributed by atoms with Crippen molar-refractivity contribution in [2.24, 2.45) is 0 Å². The Hall–Kier alpha value is -0.00312. The van der Waals surface area contributed by atoms with Gasteiger partial charge in [0.1, 0.15) is 5.25 Å². The summed E-state index contributed by atoms with van der Waals surface area (Å²) in [5, 5.41) is -0.105. The van der Waals surface area contributed by atoms with Gasteiger partial charge in [-0.15, -0.1) is 11.8 Å². The van der Waals surface area contributed by atoms with E-state index in [-0.39, 0.29) is 17.3 Å². The van der Waals surface area contributed by atoms with Crippen LogP contribution in [-0.2, 0) is 14.0 Å². The second kappa shape index (κ2) is 4.68. The maximum atomic E-state index is 11.4. The molecule has 1 saturated heterocycles. The van der Waals surface area contributed by atoms with Gasteiger partial charge >= 0.3 is 5.97 Å². The fourth-order valence-electron chi connectivity index (χ4n) is 1.48. The number of hydrogen-bond donors (Lipinski definition) is 0. The first kappa shape index (κ1) is 12.1. The van der Waals surface area contributed by atoms with Gasteiger partial charge in [0.05, 0.1) is 13.2 Å². The minimum atomic E-state index is -1.54. The predicted molar refractivity (Wildman–Crippen MR) is 61.1 cm³/mol. The van der Waals surface area contributed by atoms with Crippen LogP contribution in [0.2, 0.25) is 19.6 Å². The Morgan fingerprint density at radius 3 is 2.57 bits per heavy atom. The molecule has 1 rings (SSSR count). The van der Waals surface area contributed by atoms with E-state index < -0.39 is 8.32 Å². The van der Waals surface area contributed by atoms with Crippen molar-refractivity contribution in [3.63, 3.8) is 0 Å². The van der Waals surface area contributed by atoms with Crippen LogP contribution in [0.15, 0.2) is 0 Å². The molecular formula is C9H18O3SSi. The Morgan fingerprint density at radius 1 is 1.43 bits per heavy atom. The molecule has 1 fully saturated rings. The summed E-state index contributed by atoms with van der Waals surface area (Å²) in [4.78, 5) is 11.4. The highest BCUT2D eigenvalue weighted by atomic mass is 32.2. The first-order valence-electron chi connectivity index (χ1n) is 4.81. The lowest BCUT2D eigenvalue weighted by molar-refractivity contribution is -0.141. The van der Waals surface area contributed by atoms with Crippen molar-refractivity contribution in [1.82, 2.24) is 0 Å². The van der Waals surface area contributed by atoms with Gasteiger partial charge in [0, 0.05) is 0 Å². The molecule has 0 aromatic carbocycles. The minimum absolute atomic E-state index is 0.0686. The second-order valence-electron chi connectivity index (χ2n) is 4.37. The lowest BCUT2D eigenvalue weighted by Gasteiger charge is -2.25. The zero-order valence-electron chi connectivity index (χ0n) is 9.20. The molecule has 0 N–H and O–H groups in total. The van der Waals surface area contributed by atoms with Gasteiger partial charge in [0.2, 0.25) is 0 Å². The molecule has 1 heterocycles. The Kier molecular flexibility index (Phi) is 4.03. The SMILES string of the molecule is COC(=O)[C@@H]1SCC[C@@H]1O[Si](C)(C)C. The molecule has 0 amide bonds. The summed E-state index contributed by atoms with van der Waals surface area (Å²) in [6.07, 6.45) is 1.04. The zero-order chi connectivity index (χ0) is 10.8. The van der Waals surface area contributed by atoms with E-state index >= 15 is 0 Å². The number of esters is 1. The molecule has 0 aromatic rings. The van der Waals surface area contributed by atoms with Crippen LogP contribution in [-0.4, -0.2) is 38.5 Å². The van der Waals surface area contributed by atoms with Crippen molar-refractivity contribution < 1.29 is 14.0 Å². The molecule has 0 spiro atoms. The molecule has 0 bridgehead atoms. The third kappa shape index (κ3) is 3.29. The van der Waals surface area contributed by atoms with E-state index in [1.165, 1.54) is 7.11 Å². The van der Waals surface area contributed by atoms with Crippen molar-refractivity contribution in [3.05, 3.63) is 0 Å². The van der Waals surface area contributed by atoms with Crippen LogP contribution >= 0.6 is 11.8 Å². The summed E-state index contributed by atoms with van der Waals surface area (Å²) in [5.74, 6) is 0.852. The van der Waals surface area contributed by atoms with E-state index in [0.717, 1.165) is 12.2 Å². The first-order valence-corrected chi connectivity index (χ1v) is 9.27. The zero-order valence-corrected chi connectivity index (χ0v) is 11.0. The van der Waals surface area contributed by atoms with Gasteiger partial charge in [-0.1, -0.05) is 0 Å². The Morgan fingerprint density at radius 2 is 2.07 bits per heavy atom. The molecule has 5 heteroatoms. The standard InChI is InChI=1S/C9H18O3SSi/c1-11-9(10)8-7(5-6-13-8)12-14(2,3)4/h7-8H,5-6H2,1-4H3/t7-,8+/m0/s1. The van der Waals surface area contributed by atoms with E-state index in [9.17, 15) is 4.79 Å². The van der Waals surface area contributed by atoms with Crippen molar-refractivity contribution in [2.45, 2.75) is 37.4 Å². The lowest BCUT2D eigenvalue weighted by atomic mass is 10.2. The van der Waals surface area contributed by atoms with E-state index in [2.05, 4.69) is 19.6 Å². The normalized spacial score (nSPS) is 27.7. The van der Waals surface area contributed by atoms with E-state index in [1.54, 1.807) is 11.8 Å². The summed E-state index contributed by atoms with van der Waals surface area (Å²) in [7, 11) is -0.106. The highest BCUT2D eigenvalue weighted by Gasteiger charge is 2.37. The highest BCUT2D eigenvalue weighted by Crippen LogP contribution is 2.31. The molecule has 0 aliphatic carbocycles. The van der Waals surface area contributed by atoms with E-state index in [4.69, 9.17) is 9.16 Å². The molecule has 0 aromatic heterocycles. The average Bonchev–Trinajstić information content (AvgIpc) is 2.48. The van der Waals surface area contributed by atoms with E-state index in [0.29, 0.717) is 0 Å². The van der Waals surface area contributed by atoms with Gasteiger partial charge in [-0.25, -0.2) is 0 Å². The smallest absolute Gasteiger partial charge is 0.321 e. The second-order valence-corrected chi connectivity index (χ2v) is 10.1. The maximum absolute atomic E-state index is 11.4. The third-order valence-electron chi connectivity index (χ3n) is 1.98. The molecule has 2 atom stereocenters. The number of carbonyl (C=O) groups excluding carboxylic acids is 1. The topological polar surface area (TPSA) is 35.5 Å². The van der Waals surface area contributed by atoms with Crippen LogP contribution in [0.4, 0.5) is 0 Å². The van der Waals surface area contributed by atoms with Crippen LogP contribution in [0.5, 0.6) is 0 Å². The van der Waals surface area contributed by atoms with Gasteiger partial charge in [-0.05, 0) is 31.8 Å². The molecule has 0 radical (unpaired) electrons. The van der Waals surface area contributed by atoms with Crippen molar-refractivity contribution in [3.8, 4) is 0 Å². The molecular weight excluding hydrogens is 216 g/mol. The molecule has 1 aliphatic heterocycles. The van der Waals surface area contributed by atoms with Crippen molar-refractivity contribution >= 4 is 26.0 Å². The molecule has 1 aliphatic rings. The maximum Gasteiger partial charge on any atom is 0.321 e. The number of carbonyl (C=O) groups is 1. The summed E-state index contributed by atoms with van der Waals surface area (Å²) >= 11 is 1.65. The number of ether oxygens (including phenoxy) is 1. The van der Waals surface area contributed by atoms with Crippen LogP contribution in [0.25, 0.3) is 0 Å². The number of rotatable bonds is 3. The first-order chi connectivity index (χ1) is 6.44. The van der Waals surface area contributed by atoms with Crippen LogP contribution < -0.4 is 0 Å². The minimum Gasteiger partial charge on any atom is -0.468 e. The lowest BCUT2D eigenvalue weighted by Crippen LogP contribution is -2.38. The monoisotopic (exact) mass is 234 g/mol. The summed E-state index contributed by atoms with van der Waals surface area (Å²) < 4.78 is 10.7. The summed E-state index contributed by atoms with van der Waals surface area (Å²) in [6, 6.07) is 0. The average molecular weight is 234 g/mol. The number of thioether (sulfide) groups is 1. The van der Waals surface area contributed by atoms with Gasteiger partial charge in [0.15, 0.2) is 8.32 Å². The van der Waals surface area contributed by atoms with E-state index in [1.807, 2.05) is 0 Å². The fourth-order valence-corrected chi connectivity index (χ4v) is 4.00. The van der Waals surface area contributed by atoms with Crippen LogP contribution in [0.1, 0.15) is 6.42 Å². The largest absolute Gasteiger partial charge is 0.468 e. The predicted octanol–water partition coefficient (Wildman–Crippen LogP) is 1.88. The Labute approximate surface area is 90.7 Å². The van der Waals surface area contributed by atoms with Crippen molar-refractivity contribution in [2.75, 3.05) is 12.9 Å². The summed E-state index contributed by atoms with van der Waals surface area (Å²) in [5.41, 5.74) is 0. The molecule has 3 nitrogen and oxygen atoms in total. The molecule has 82 valence electrons. The fraction of sp³-hybridized carbons (Fsp3) is 0.889. The molecule has 14 heavy (non-hydrogen) atoms. The number of hydrogen-bond acceptors (Lipinski definition) is 4. The highest BCUT2D eigenvalue weighted by molar-refractivity contribution is 8.00. The van der Waals surface area contributed by atoms with Crippen LogP contribution in [0.3, 0.4) is 0 Å². The van der Waals surface area contributed by atoms with Gasteiger partial charge < -0.3 is 9.16 Å². The van der Waals surface area contributed by atoms with Gasteiger partial charge in [-0.3, -0.25) is 4.79 Å². The van der Waals surface area contributed by atoms with Crippen LogP contribution in [0, 0.1) is 0 Å². The summed E-state index contributed by atoms with van der Waals surface area (Å²) in [6.45, 7) is 6.43. The third-order valence-corrected chi connectivity index (χ3v) is 4.31. The number of methoxy groups -OCH3 is 1. The molecule has 0 saturated carbocycles. The Balaban J connectivity index is 2.56. The Bertz CT molecular complexity index is 215. The molecule has 0 unspecified atom stereocenters. The quantitative estimate of drug-likeness (QED) is 0.552. The van der Waals surface area contributed by atoms with Gasteiger partial charge in [0.25, 0.3) is 0 Å².